The molecule has 2 aliphatic heterocycles. The lowest BCUT2D eigenvalue weighted by Crippen LogP contribution is -2.52. The molecule has 3 aliphatic rings. The number of unbranched alkanes of at least 4 members (excludes halogenated alkanes) is 1. The van der Waals surface area contributed by atoms with Crippen LogP contribution in [-0.2, 0) is 0 Å². The second-order valence-electron chi connectivity index (χ2n) is 9.74. The van der Waals surface area contributed by atoms with E-state index in [0.29, 0.717) is 12.1 Å². The minimum Gasteiger partial charge on any atom is -0.494 e. The highest BCUT2D eigenvalue weighted by Crippen LogP contribution is 2.31. The van der Waals surface area contributed by atoms with Gasteiger partial charge in [-0.3, -0.25) is 9.80 Å². The van der Waals surface area contributed by atoms with E-state index in [1.165, 1.54) is 12.8 Å². The quantitative estimate of drug-likeness (QED) is 0.545. The molecule has 184 valence electrons. The molecular formula is C26H42N4O3. The third-order valence-electron chi connectivity index (χ3n) is 7.62. The van der Waals surface area contributed by atoms with Gasteiger partial charge in [0.1, 0.15) is 5.75 Å². The average Bonchev–Trinajstić information content (AvgIpc) is 3.25. The van der Waals surface area contributed by atoms with Gasteiger partial charge in [0.25, 0.3) is 0 Å². The van der Waals surface area contributed by atoms with Crippen LogP contribution in [-0.4, -0.2) is 96.9 Å². The minimum absolute atomic E-state index is 0.163. The van der Waals surface area contributed by atoms with Crippen LogP contribution in [0.15, 0.2) is 24.3 Å². The number of hydrogen-bond acceptors (Lipinski definition) is 5. The summed E-state index contributed by atoms with van der Waals surface area (Å²) in [5.74, 6) is 0.878. The van der Waals surface area contributed by atoms with Crippen molar-refractivity contribution in [1.82, 2.24) is 14.7 Å². The number of nitrogens with zero attached hydrogens (tertiary/aromatic N) is 4. The minimum atomic E-state index is 0.163. The average molecular weight is 459 g/mol. The van der Waals surface area contributed by atoms with Gasteiger partial charge in [-0.05, 0) is 62.8 Å². The van der Waals surface area contributed by atoms with Gasteiger partial charge in [-0.25, -0.2) is 4.79 Å². The normalized spacial score (nSPS) is 25.1. The van der Waals surface area contributed by atoms with Crippen LogP contribution in [0.1, 0.15) is 51.9 Å². The van der Waals surface area contributed by atoms with E-state index in [1.807, 2.05) is 29.2 Å². The predicted octanol–water partition coefficient (Wildman–Crippen LogP) is 3.42. The summed E-state index contributed by atoms with van der Waals surface area (Å²) in [6.45, 7) is 10.3. The van der Waals surface area contributed by atoms with E-state index in [4.69, 9.17) is 9.84 Å². The number of carbonyl (C=O) groups is 1. The number of aliphatic hydroxyl groups excluding tert-OH is 1. The number of carbonyl (C=O) groups excluding carboxylic acids is 1. The first kappa shape index (κ1) is 24.3. The van der Waals surface area contributed by atoms with E-state index in [1.54, 1.807) is 0 Å². The van der Waals surface area contributed by atoms with Crippen LogP contribution in [0.3, 0.4) is 0 Å². The van der Waals surface area contributed by atoms with E-state index < -0.39 is 0 Å². The first-order valence-electron chi connectivity index (χ1n) is 13.1. The number of piperazine rings is 1. The van der Waals surface area contributed by atoms with Crippen molar-refractivity contribution in [2.24, 2.45) is 0 Å². The van der Waals surface area contributed by atoms with Gasteiger partial charge < -0.3 is 19.6 Å². The standard InChI is InChI=1S/C26H42N4O3/c1-2-3-21-33-25-11-9-24(10-12-25)30-19-18-29(26(30)32)23-7-5-22(6-8-23)28-16-14-27(15-17-28)13-4-20-31/h9-12,22-23,31H,2-8,13-21H2,1H3. The molecule has 2 amide bonds. The van der Waals surface area contributed by atoms with Crippen LogP contribution in [0, 0.1) is 0 Å². The highest BCUT2D eigenvalue weighted by molar-refractivity contribution is 5.94. The molecule has 1 aromatic carbocycles. The molecule has 4 rings (SSSR count). The van der Waals surface area contributed by atoms with Gasteiger partial charge in [-0.2, -0.15) is 0 Å². The van der Waals surface area contributed by atoms with E-state index in [2.05, 4.69) is 21.6 Å². The largest absolute Gasteiger partial charge is 0.494 e. The number of rotatable bonds is 10. The van der Waals surface area contributed by atoms with E-state index in [0.717, 1.165) is 96.0 Å². The van der Waals surface area contributed by atoms with E-state index in [-0.39, 0.29) is 12.6 Å². The Morgan fingerprint density at radius 1 is 0.909 bits per heavy atom. The molecule has 0 bridgehead atoms. The lowest BCUT2D eigenvalue weighted by Gasteiger charge is -2.43. The number of benzene rings is 1. The second kappa shape index (κ2) is 12.0. The zero-order valence-electron chi connectivity index (χ0n) is 20.3. The zero-order chi connectivity index (χ0) is 23.0. The number of hydrogen-bond donors (Lipinski definition) is 1. The highest BCUT2D eigenvalue weighted by Gasteiger charge is 2.37. The molecule has 0 radical (unpaired) electrons. The molecule has 1 saturated carbocycles. The molecule has 7 heteroatoms. The Hall–Kier alpha value is -1.83. The Morgan fingerprint density at radius 3 is 2.27 bits per heavy atom. The van der Waals surface area contributed by atoms with Crippen molar-refractivity contribution in [2.45, 2.75) is 64.0 Å². The summed E-state index contributed by atoms with van der Waals surface area (Å²) in [7, 11) is 0. The predicted molar refractivity (Wildman–Crippen MR) is 132 cm³/mol. The summed E-state index contributed by atoms with van der Waals surface area (Å²) in [5.41, 5.74) is 0.970. The van der Waals surface area contributed by atoms with E-state index in [9.17, 15) is 4.79 Å². The van der Waals surface area contributed by atoms with Crippen LogP contribution in [0.2, 0.25) is 0 Å². The molecule has 3 fully saturated rings. The third kappa shape index (κ3) is 6.19. The van der Waals surface area contributed by atoms with E-state index >= 15 is 0 Å². The van der Waals surface area contributed by atoms with Gasteiger partial charge >= 0.3 is 6.03 Å². The van der Waals surface area contributed by atoms with Crippen molar-refractivity contribution in [3.63, 3.8) is 0 Å². The molecule has 7 nitrogen and oxygen atoms in total. The SMILES string of the molecule is CCCCOc1ccc(N2CCN(C3CCC(N4CCN(CCCO)CC4)CC3)C2=O)cc1. The molecule has 33 heavy (non-hydrogen) atoms. The van der Waals surface area contributed by atoms with Crippen molar-refractivity contribution in [3.05, 3.63) is 24.3 Å². The van der Waals surface area contributed by atoms with Gasteiger partial charge in [-0.15, -0.1) is 0 Å². The van der Waals surface area contributed by atoms with Crippen molar-refractivity contribution in [3.8, 4) is 5.75 Å². The van der Waals surface area contributed by atoms with Crippen LogP contribution in [0.5, 0.6) is 5.75 Å². The van der Waals surface area contributed by atoms with Crippen molar-refractivity contribution < 1.29 is 14.6 Å². The van der Waals surface area contributed by atoms with Crippen molar-refractivity contribution in [2.75, 3.05) is 63.9 Å². The maximum absolute atomic E-state index is 13.2. The van der Waals surface area contributed by atoms with Crippen molar-refractivity contribution in [1.29, 1.82) is 0 Å². The topological polar surface area (TPSA) is 59.5 Å². The molecule has 1 N–H and O–H groups in total. The summed E-state index contributed by atoms with van der Waals surface area (Å²) < 4.78 is 5.76. The number of urea groups is 1. The molecule has 1 aromatic rings. The molecule has 0 aromatic heterocycles. The van der Waals surface area contributed by atoms with Gasteiger partial charge in [0, 0.05) is 70.2 Å². The maximum atomic E-state index is 13.2. The fraction of sp³-hybridized carbons (Fsp3) is 0.731. The summed E-state index contributed by atoms with van der Waals surface area (Å²) in [5, 5.41) is 9.04. The Morgan fingerprint density at radius 2 is 1.61 bits per heavy atom. The molecule has 1 aliphatic carbocycles. The van der Waals surface area contributed by atoms with Crippen molar-refractivity contribution >= 4 is 11.7 Å². The Bertz CT molecular complexity index is 728. The Labute approximate surface area is 199 Å². The van der Waals surface area contributed by atoms with Crippen LogP contribution < -0.4 is 9.64 Å². The van der Waals surface area contributed by atoms with Crippen LogP contribution in [0.25, 0.3) is 0 Å². The smallest absolute Gasteiger partial charge is 0.324 e. The molecular weight excluding hydrogens is 416 g/mol. The monoisotopic (exact) mass is 458 g/mol. The molecule has 0 atom stereocenters. The van der Waals surface area contributed by atoms with Crippen LogP contribution in [0.4, 0.5) is 10.5 Å². The first-order chi connectivity index (χ1) is 16.2. The fourth-order valence-electron chi connectivity index (χ4n) is 5.57. The molecule has 2 heterocycles. The van der Waals surface area contributed by atoms with Gasteiger partial charge in [0.15, 0.2) is 0 Å². The molecule has 0 unspecified atom stereocenters. The maximum Gasteiger partial charge on any atom is 0.324 e. The number of amides is 2. The molecule has 2 saturated heterocycles. The zero-order valence-corrected chi connectivity index (χ0v) is 20.3. The lowest BCUT2D eigenvalue weighted by molar-refractivity contribution is 0.0625. The number of aliphatic hydroxyl groups is 1. The summed E-state index contributed by atoms with van der Waals surface area (Å²) >= 11 is 0. The number of anilines is 1. The lowest BCUT2D eigenvalue weighted by atomic mass is 9.89. The highest BCUT2D eigenvalue weighted by atomic mass is 16.5. The summed E-state index contributed by atoms with van der Waals surface area (Å²) in [6, 6.07) is 9.19. The van der Waals surface area contributed by atoms with Gasteiger partial charge in [0.2, 0.25) is 0 Å². The summed E-state index contributed by atoms with van der Waals surface area (Å²) in [6.07, 6.45) is 7.66. The molecule has 0 spiro atoms. The van der Waals surface area contributed by atoms with Gasteiger partial charge in [0.05, 0.1) is 6.61 Å². The van der Waals surface area contributed by atoms with Crippen LogP contribution >= 0.6 is 0 Å². The first-order valence-corrected chi connectivity index (χ1v) is 13.1. The second-order valence-corrected chi connectivity index (χ2v) is 9.74. The summed E-state index contributed by atoms with van der Waals surface area (Å²) in [4.78, 5) is 22.4. The Balaban J connectivity index is 1.22. The third-order valence-corrected chi connectivity index (χ3v) is 7.62. The Kier molecular flexibility index (Phi) is 8.87. The fourth-order valence-corrected chi connectivity index (χ4v) is 5.57. The number of ether oxygens (including phenoxy) is 1. The van der Waals surface area contributed by atoms with Gasteiger partial charge in [-0.1, -0.05) is 13.3 Å².